The highest BCUT2D eigenvalue weighted by Gasteiger charge is 2.30. The molecule has 1 N–H and O–H groups in total. The van der Waals surface area contributed by atoms with Gasteiger partial charge in [-0.05, 0) is 39.8 Å². The Kier molecular flexibility index (Phi) is 4.70. The number of aromatic nitrogens is 2. The molecule has 0 atom stereocenters. The number of hydrogen-bond donors (Lipinski definition) is 1. The fourth-order valence-electron chi connectivity index (χ4n) is 2.44. The second-order valence-electron chi connectivity index (χ2n) is 6.31. The molecule has 0 aliphatic rings. The van der Waals surface area contributed by atoms with Crippen LogP contribution in [-0.4, -0.2) is 40.3 Å². The van der Waals surface area contributed by atoms with Gasteiger partial charge < -0.3 is 9.52 Å². The molecule has 0 saturated heterocycles. The van der Waals surface area contributed by atoms with E-state index in [2.05, 4.69) is 5.10 Å². The number of sulfonamides is 1. The Hall–Kier alpha value is -1.64. The van der Waals surface area contributed by atoms with Gasteiger partial charge in [-0.15, -0.1) is 0 Å². The molecule has 7 nitrogen and oxygen atoms in total. The van der Waals surface area contributed by atoms with Crippen LogP contribution in [0.2, 0.25) is 0 Å². The average Bonchev–Trinajstić information content (AvgIpc) is 2.97. The Balaban J connectivity index is 2.36. The largest absolute Gasteiger partial charge is 0.468 e. The minimum Gasteiger partial charge on any atom is -0.468 e. The lowest BCUT2D eigenvalue weighted by Gasteiger charge is -2.19. The molecule has 0 saturated carbocycles. The molecule has 0 unspecified atom stereocenters. The zero-order valence-corrected chi connectivity index (χ0v) is 14.9. The van der Waals surface area contributed by atoms with E-state index in [0.717, 1.165) is 0 Å². The average molecular weight is 341 g/mol. The summed E-state index contributed by atoms with van der Waals surface area (Å²) >= 11 is 0. The zero-order chi connectivity index (χ0) is 17.4. The van der Waals surface area contributed by atoms with Gasteiger partial charge >= 0.3 is 0 Å². The fraction of sp³-hybridized carbons (Fsp3) is 0.533. The van der Waals surface area contributed by atoms with E-state index in [9.17, 15) is 13.5 Å². The minimum absolute atomic E-state index is 0.144. The van der Waals surface area contributed by atoms with Gasteiger partial charge in [-0.2, -0.15) is 9.40 Å². The Morgan fingerprint density at radius 3 is 2.57 bits per heavy atom. The molecule has 2 aromatic rings. The second-order valence-corrected chi connectivity index (χ2v) is 8.29. The molecular weight excluding hydrogens is 318 g/mol. The molecule has 23 heavy (non-hydrogen) atoms. The summed E-state index contributed by atoms with van der Waals surface area (Å²) in [6, 6.07) is 3.44. The second kappa shape index (κ2) is 6.10. The van der Waals surface area contributed by atoms with E-state index in [1.54, 1.807) is 39.8 Å². The molecule has 2 rings (SSSR count). The number of nitrogens with zero attached hydrogens (tertiary/aromatic N) is 3. The summed E-state index contributed by atoms with van der Waals surface area (Å²) in [6.07, 6.45) is 1.51. The van der Waals surface area contributed by atoms with Crippen molar-refractivity contribution < 1.29 is 17.9 Å². The van der Waals surface area contributed by atoms with Crippen molar-refractivity contribution in [2.24, 2.45) is 0 Å². The number of furan rings is 1. The molecule has 0 fully saturated rings. The highest BCUT2D eigenvalue weighted by Crippen LogP contribution is 2.25. The van der Waals surface area contributed by atoms with E-state index in [1.165, 1.54) is 22.3 Å². The first-order valence-corrected chi connectivity index (χ1v) is 8.71. The summed E-state index contributed by atoms with van der Waals surface area (Å²) in [5.41, 5.74) is -0.0569. The highest BCUT2D eigenvalue weighted by atomic mass is 32.2. The van der Waals surface area contributed by atoms with Crippen molar-refractivity contribution in [2.45, 2.75) is 51.3 Å². The van der Waals surface area contributed by atoms with Crippen molar-refractivity contribution >= 4 is 10.0 Å². The van der Waals surface area contributed by atoms with Gasteiger partial charge in [-0.1, -0.05) is 0 Å². The van der Waals surface area contributed by atoms with Crippen LogP contribution >= 0.6 is 0 Å². The van der Waals surface area contributed by atoms with Crippen molar-refractivity contribution in [3.8, 4) is 0 Å². The first kappa shape index (κ1) is 17.7. The van der Waals surface area contributed by atoms with E-state index in [4.69, 9.17) is 4.42 Å². The van der Waals surface area contributed by atoms with E-state index < -0.39 is 15.6 Å². The summed E-state index contributed by atoms with van der Waals surface area (Å²) < 4.78 is 33.7. The third-order valence-corrected chi connectivity index (χ3v) is 5.54. The van der Waals surface area contributed by atoms with E-state index in [-0.39, 0.29) is 18.0 Å². The Morgan fingerprint density at radius 1 is 1.39 bits per heavy atom. The van der Waals surface area contributed by atoms with Gasteiger partial charge in [0.2, 0.25) is 10.0 Å². The summed E-state index contributed by atoms with van der Waals surface area (Å²) in [5, 5.41) is 14.2. The molecular formula is C15H23N3O4S. The van der Waals surface area contributed by atoms with E-state index in [1.807, 2.05) is 0 Å². The standard InChI is InChI=1S/C15H23N3O4S/c1-11-14(12(2)18(16-11)10-15(3,4)19)23(20,21)17(5)9-13-7-6-8-22-13/h6-8,19H,9-10H2,1-5H3. The quantitative estimate of drug-likeness (QED) is 0.863. The maximum absolute atomic E-state index is 12.8. The molecule has 0 aromatic carbocycles. The molecule has 128 valence electrons. The van der Waals surface area contributed by atoms with Crippen LogP contribution in [0.4, 0.5) is 0 Å². The maximum atomic E-state index is 12.8. The van der Waals surface area contributed by atoms with Crippen LogP contribution in [0.5, 0.6) is 0 Å². The van der Waals surface area contributed by atoms with Crippen molar-refractivity contribution in [1.29, 1.82) is 0 Å². The normalized spacial score (nSPS) is 13.0. The zero-order valence-electron chi connectivity index (χ0n) is 14.1. The van der Waals surface area contributed by atoms with Crippen LogP contribution in [-0.2, 0) is 23.1 Å². The fourth-order valence-corrected chi connectivity index (χ4v) is 3.94. The third kappa shape index (κ3) is 3.82. The lowest BCUT2D eigenvalue weighted by Crippen LogP contribution is -2.29. The number of hydrogen-bond acceptors (Lipinski definition) is 5. The van der Waals surface area contributed by atoms with Gasteiger partial charge in [-0.3, -0.25) is 4.68 Å². The SMILES string of the molecule is Cc1nn(CC(C)(C)O)c(C)c1S(=O)(=O)N(C)Cc1ccco1. The predicted octanol–water partition coefficient (Wildman–Crippen LogP) is 1.68. The molecule has 0 spiro atoms. The Morgan fingerprint density at radius 2 is 2.04 bits per heavy atom. The molecule has 0 bridgehead atoms. The smallest absolute Gasteiger partial charge is 0.246 e. The van der Waals surface area contributed by atoms with Crippen molar-refractivity contribution in [1.82, 2.24) is 14.1 Å². The topological polar surface area (TPSA) is 88.6 Å². The molecule has 2 heterocycles. The van der Waals surface area contributed by atoms with Crippen LogP contribution in [0.25, 0.3) is 0 Å². The summed E-state index contributed by atoms with van der Waals surface area (Å²) in [4.78, 5) is 0.177. The lowest BCUT2D eigenvalue weighted by atomic mass is 10.1. The molecule has 0 aliphatic heterocycles. The monoisotopic (exact) mass is 341 g/mol. The number of rotatable bonds is 6. The molecule has 0 aliphatic carbocycles. The van der Waals surface area contributed by atoms with Crippen LogP contribution in [0.1, 0.15) is 31.0 Å². The van der Waals surface area contributed by atoms with Gasteiger partial charge in [0.25, 0.3) is 0 Å². The first-order valence-electron chi connectivity index (χ1n) is 7.27. The molecule has 2 aromatic heterocycles. The lowest BCUT2D eigenvalue weighted by molar-refractivity contribution is 0.0569. The van der Waals surface area contributed by atoms with E-state index >= 15 is 0 Å². The van der Waals surface area contributed by atoms with Crippen LogP contribution in [0.3, 0.4) is 0 Å². The van der Waals surface area contributed by atoms with Crippen LogP contribution in [0.15, 0.2) is 27.7 Å². The highest BCUT2D eigenvalue weighted by molar-refractivity contribution is 7.89. The number of aliphatic hydroxyl groups is 1. The number of aryl methyl sites for hydroxylation is 1. The minimum atomic E-state index is -3.70. The van der Waals surface area contributed by atoms with Crippen LogP contribution in [0, 0.1) is 13.8 Å². The predicted molar refractivity (Wildman–Crippen MR) is 85.4 cm³/mol. The summed E-state index contributed by atoms with van der Waals surface area (Å²) in [5.74, 6) is 0.565. The maximum Gasteiger partial charge on any atom is 0.246 e. The third-order valence-electron chi connectivity index (χ3n) is 3.48. The first-order chi connectivity index (χ1) is 10.5. The van der Waals surface area contributed by atoms with Crippen molar-refractivity contribution in [3.05, 3.63) is 35.5 Å². The molecule has 8 heteroatoms. The Bertz CT molecular complexity index is 770. The van der Waals surface area contributed by atoms with E-state index in [0.29, 0.717) is 17.1 Å². The van der Waals surface area contributed by atoms with Gasteiger partial charge in [0.1, 0.15) is 10.7 Å². The molecule has 0 amide bonds. The summed E-state index contributed by atoms with van der Waals surface area (Å²) in [7, 11) is -2.20. The Labute approximate surface area is 136 Å². The van der Waals surface area contributed by atoms with Crippen LogP contribution < -0.4 is 0 Å². The van der Waals surface area contributed by atoms with Crippen molar-refractivity contribution in [2.75, 3.05) is 7.05 Å². The van der Waals surface area contributed by atoms with Gasteiger partial charge in [0, 0.05) is 7.05 Å². The van der Waals surface area contributed by atoms with Gasteiger partial charge in [0.15, 0.2) is 0 Å². The van der Waals surface area contributed by atoms with Crippen molar-refractivity contribution in [3.63, 3.8) is 0 Å². The summed E-state index contributed by atoms with van der Waals surface area (Å²) in [6.45, 7) is 7.02. The molecule has 0 radical (unpaired) electrons. The van der Waals surface area contributed by atoms with Gasteiger partial charge in [0.05, 0.1) is 36.3 Å². The van der Waals surface area contributed by atoms with Gasteiger partial charge in [-0.25, -0.2) is 8.42 Å².